The quantitative estimate of drug-likeness (QED) is 0.166. The van der Waals surface area contributed by atoms with Gasteiger partial charge in [0.05, 0.1) is 27.8 Å². The van der Waals surface area contributed by atoms with Crippen molar-refractivity contribution in [3.05, 3.63) is 200 Å². The largest absolute Gasteiger partial charge is 0.308 e. The molecule has 3 heteroatoms. The van der Waals surface area contributed by atoms with Crippen LogP contribution in [0.1, 0.15) is 0 Å². The Morgan fingerprint density at radius 1 is 0.310 bits per heavy atom. The number of rotatable bonds is 3. The lowest BCUT2D eigenvalue weighted by atomic mass is 9.89. The van der Waals surface area contributed by atoms with E-state index in [4.69, 9.17) is 4.98 Å². The first-order valence-corrected chi connectivity index (χ1v) is 20.0. The lowest BCUT2D eigenvalue weighted by Gasteiger charge is -2.17. The fourth-order valence-electron chi connectivity index (χ4n) is 10.1. The molecule has 0 saturated heterocycles. The van der Waals surface area contributed by atoms with E-state index in [-0.39, 0.29) is 0 Å². The van der Waals surface area contributed by atoms with Gasteiger partial charge in [-0.2, -0.15) is 0 Å². The molecule has 0 N–H and O–H groups in total. The summed E-state index contributed by atoms with van der Waals surface area (Å²) in [5, 5.41) is 17.4. The zero-order chi connectivity index (χ0) is 37.9. The number of nitrogens with zero attached hydrogens (tertiary/aromatic N) is 3. The van der Waals surface area contributed by atoms with E-state index in [2.05, 4.69) is 203 Å². The first kappa shape index (κ1) is 31.5. The van der Waals surface area contributed by atoms with Gasteiger partial charge in [0.25, 0.3) is 0 Å². The van der Waals surface area contributed by atoms with Crippen molar-refractivity contribution >= 4 is 97.5 Å². The van der Waals surface area contributed by atoms with Gasteiger partial charge in [0.1, 0.15) is 5.82 Å². The predicted molar refractivity (Wildman–Crippen MR) is 246 cm³/mol. The van der Waals surface area contributed by atoms with E-state index in [0.29, 0.717) is 0 Å². The molecule has 0 spiro atoms. The molecule has 13 aromatic rings. The van der Waals surface area contributed by atoms with Crippen molar-refractivity contribution in [1.29, 1.82) is 0 Å². The van der Waals surface area contributed by atoms with Gasteiger partial charge in [-0.15, -0.1) is 0 Å². The van der Waals surface area contributed by atoms with Crippen molar-refractivity contribution in [3.63, 3.8) is 0 Å². The van der Waals surface area contributed by atoms with Gasteiger partial charge in [0.2, 0.25) is 0 Å². The van der Waals surface area contributed by atoms with Gasteiger partial charge >= 0.3 is 0 Å². The topological polar surface area (TPSA) is 22.8 Å². The monoisotopic (exact) mass is 735 g/mol. The number of fused-ring (bicyclic) bond motifs is 17. The van der Waals surface area contributed by atoms with E-state index in [1.54, 1.807) is 0 Å². The summed E-state index contributed by atoms with van der Waals surface area (Å²) in [5.41, 5.74) is 8.23. The minimum absolute atomic E-state index is 0.900. The van der Waals surface area contributed by atoms with Crippen LogP contribution in [0.4, 0.5) is 0 Å². The fraction of sp³-hybridized carbons (Fsp3) is 0. The van der Waals surface area contributed by atoms with Gasteiger partial charge in [-0.3, -0.25) is 4.57 Å². The van der Waals surface area contributed by atoms with Crippen LogP contribution >= 0.6 is 0 Å². The number of benzene rings is 10. The molecule has 268 valence electrons. The van der Waals surface area contributed by atoms with E-state index >= 15 is 0 Å². The molecule has 0 bridgehead atoms. The Morgan fingerprint density at radius 2 is 0.828 bits per heavy atom. The fourth-order valence-corrected chi connectivity index (χ4v) is 10.1. The molecule has 58 heavy (non-hydrogen) atoms. The maximum atomic E-state index is 5.15. The average molecular weight is 736 g/mol. The van der Waals surface area contributed by atoms with Gasteiger partial charge in [0.15, 0.2) is 0 Å². The predicted octanol–water partition coefficient (Wildman–Crippen LogP) is 14.7. The molecule has 3 aromatic heterocycles. The van der Waals surface area contributed by atoms with Crippen molar-refractivity contribution in [1.82, 2.24) is 14.1 Å². The van der Waals surface area contributed by atoms with Gasteiger partial charge < -0.3 is 4.57 Å². The molecule has 0 aliphatic rings. The van der Waals surface area contributed by atoms with Crippen LogP contribution in [0.5, 0.6) is 0 Å². The summed E-state index contributed by atoms with van der Waals surface area (Å²) in [7, 11) is 0. The van der Waals surface area contributed by atoms with Crippen molar-refractivity contribution < 1.29 is 0 Å². The van der Waals surface area contributed by atoms with Crippen LogP contribution in [-0.2, 0) is 0 Å². The van der Waals surface area contributed by atoms with E-state index < -0.39 is 0 Å². The van der Waals surface area contributed by atoms with Crippen LogP contribution in [0.15, 0.2) is 200 Å². The first-order chi connectivity index (χ1) is 28.8. The number of pyridine rings is 1. The second-order valence-corrected chi connectivity index (χ2v) is 15.5. The molecule has 0 unspecified atom stereocenters. The van der Waals surface area contributed by atoms with Gasteiger partial charge in [-0.1, -0.05) is 158 Å². The van der Waals surface area contributed by atoms with Gasteiger partial charge in [0, 0.05) is 49.3 Å². The van der Waals surface area contributed by atoms with Crippen molar-refractivity contribution in [3.8, 4) is 22.6 Å². The molecule has 0 amide bonds. The van der Waals surface area contributed by atoms with Crippen molar-refractivity contribution in [2.75, 3.05) is 0 Å². The lowest BCUT2D eigenvalue weighted by molar-refractivity contribution is 1.09. The highest BCUT2D eigenvalue weighted by Gasteiger charge is 2.26. The molecule has 3 nitrogen and oxygen atoms in total. The Morgan fingerprint density at radius 3 is 1.53 bits per heavy atom. The van der Waals surface area contributed by atoms with E-state index in [9.17, 15) is 0 Å². The first-order valence-electron chi connectivity index (χ1n) is 20.0. The van der Waals surface area contributed by atoms with Crippen LogP contribution in [0.2, 0.25) is 0 Å². The van der Waals surface area contributed by atoms with Crippen LogP contribution in [-0.4, -0.2) is 14.1 Å². The van der Waals surface area contributed by atoms with Crippen LogP contribution in [0.3, 0.4) is 0 Å². The standard InChI is InChI=1S/C55H33N3/c1-2-16-36-32-37(29-28-34(36)14-1)38-30-31-56-49(33-38)58-48-26-12-10-24-45(48)52-53-50(41-20-6-8-22-43(41)55(52)58)40-19-5-7-21-42(40)54-51(53)44-23-9-11-25-47(44)57(54)46-27-13-17-35-15-3-4-18-39(35)46/h1-33H. The van der Waals surface area contributed by atoms with Gasteiger partial charge in [-0.25, -0.2) is 4.98 Å². The van der Waals surface area contributed by atoms with E-state index in [0.717, 1.165) is 16.9 Å². The molecule has 13 rings (SSSR count). The number of para-hydroxylation sites is 2. The molecule has 3 heterocycles. The highest BCUT2D eigenvalue weighted by Crippen LogP contribution is 2.50. The Bertz CT molecular complexity index is 3860. The molecule has 0 atom stereocenters. The Kier molecular flexibility index (Phi) is 6.44. The summed E-state index contributed by atoms with van der Waals surface area (Å²) >= 11 is 0. The van der Waals surface area contributed by atoms with Crippen LogP contribution < -0.4 is 0 Å². The Balaban J connectivity index is 1.25. The highest BCUT2D eigenvalue weighted by atomic mass is 15.1. The van der Waals surface area contributed by atoms with E-state index in [1.807, 2.05) is 6.20 Å². The third-order valence-corrected chi connectivity index (χ3v) is 12.5. The molecule has 0 aliphatic carbocycles. The molecular weight excluding hydrogens is 703 g/mol. The van der Waals surface area contributed by atoms with Crippen molar-refractivity contribution in [2.45, 2.75) is 0 Å². The third-order valence-electron chi connectivity index (χ3n) is 12.5. The minimum Gasteiger partial charge on any atom is -0.308 e. The molecule has 10 aromatic carbocycles. The summed E-state index contributed by atoms with van der Waals surface area (Å²) < 4.78 is 4.95. The molecule has 0 fully saturated rings. The number of hydrogen-bond acceptors (Lipinski definition) is 1. The zero-order valence-electron chi connectivity index (χ0n) is 31.4. The summed E-state index contributed by atoms with van der Waals surface area (Å²) in [6.07, 6.45) is 1.97. The van der Waals surface area contributed by atoms with Crippen LogP contribution in [0, 0.1) is 0 Å². The molecular formula is C55H33N3. The highest BCUT2D eigenvalue weighted by molar-refractivity contribution is 6.45. The number of aromatic nitrogens is 3. The van der Waals surface area contributed by atoms with Gasteiger partial charge in [-0.05, 0) is 79.8 Å². The SMILES string of the molecule is c1ccc2cc(-c3ccnc(-n4c5ccccc5c5c6c(c7ccccc7c54)c4ccccc4c4c6c5ccccc5n4-c4cccc5ccccc45)c3)ccc2c1. The van der Waals surface area contributed by atoms with E-state index in [1.165, 1.54) is 103 Å². The smallest absolute Gasteiger partial charge is 0.138 e. The Hall–Kier alpha value is -7.75. The molecule has 0 radical (unpaired) electrons. The zero-order valence-corrected chi connectivity index (χ0v) is 31.4. The van der Waals surface area contributed by atoms with Crippen molar-refractivity contribution in [2.24, 2.45) is 0 Å². The molecule has 0 aliphatic heterocycles. The average Bonchev–Trinajstić information content (AvgIpc) is 3.83. The normalized spacial score (nSPS) is 12.1. The summed E-state index contributed by atoms with van der Waals surface area (Å²) in [4.78, 5) is 5.15. The maximum Gasteiger partial charge on any atom is 0.138 e. The Labute approximate surface area is 333 Å². The third kappa shape index (κ3) is 4.25. The summed E-state index contributed by atoms with van der Waals surface area (Å²) in [6.45, 7) is 0. The second-order valence-electron chi connectivity index (χ2n) is 15.5. The minimum atomic E-state index is 0.900. The maximum absolute atomic E-state index is 5.15. The second kappa shape index (κ2) is 11.9. The summed E-state index contributed by atoms with van der Waals surface area (Å²) in [6, 6.07) is 71.1. The van der Waals surface area contributed by atoms with Crippen LogP contribution in [0.25, 0.3) is 120 Å². The summed E-state index contributed by atoms with van der Waals surface area (Å²) in [5.74, 6) is 0.900. The molecule has 0 saturated carbocycles. The number of hydrogen-bond donors (Lipinski definition) is 0. The lowest BCUT2D eigenvalue weighted by Crippen LogP contribution is -1.99.